The summed E-state index contributed by atoms with van der Waals surface area (Å²) in [4.78, 5) is 29.3. The summed E-state index contributed by atoms with van der Waals surface area (Å²) >= 11 is 0. The Bertz CT molecular complexity index is 1790. The number of methoxy groups -OCH3 is 1. The molecule has 1 aliphatic rings. The third kappa shape index (κ3) is 6.27. The van der Waals surface area contributed by atoms with Crippen molar-refractivity contribution in [2.24, 2.45) is 5.73 Å². The number of alkyl halides is 3. The van der Waals surface area contributed by atoms with Gasteiger partial charge in [-0.05, 0) is 68.7 Å². The number of carbonyl (C=O) groups is 2. The second-order valence-electron chi connectivity index (χ2n) is 10.9. The summed E-state index contributed by atoms with van der Waals surface area (Å²) in [6.45, 7) is 1.79. The minimum Gasteiger partial charge on any atom is -0.494 e. The molecule has 1 aliphatic carbocycles. The molecule has 1 fully saturated rings. The van der Waals surface area contributed by atoms with Gasteiger partial charge in [-0.25, -0.2) is 9.37 Å². The number of pyridine rings is 1. The smallest absolute Gasteiger partial charge is 0.424 e. The van der Waals surface area contributed by atoms with E-state index in [9.17, 15) is 32.3 Å². The summed E-state index contributed by atoms with van der Waals surface area (Å²) in [6, 6.07) is 7.68. The normalized spacial score (nSPS) is 14.7. The van der Waals surface area contributed by atoms with E-state index in [0.717, 1.165) is 25.0 Å². The number of nitrogens with zero attached hydrogens (tertiary/aromatic N) is 3. The standard InChI is InChI=1S/C31H31F4N5O5/c1-4-45-28-18(13-25(36)41)12-24(38-27(28)17-5-8-22(32)16(2)9-17)30(43,31(33,34)35)15-37-29(42)19-10-20-14-40(21-6-7-21)39-26(20)23(11-19)44-3/h5,8-12,14,21,43H,4,6-7,13,15H2,1-3H3,(H2,36,41)(H,37,42)/t30-/m1/s1. The van der Waals surface area contributed by atoms with Gasteiger partial charge in [-0.2, -0.15) is 18.3 Å². The van der Waals surface area contributed by atoms with E-state index in [1.165, 1.54) is 38.3 Å². The second-order valence-corrected chi connectivity index (χ2v) is 10.9. The SMILES string of the molecule is CCOc1c(CC(N)=O)cc([C@](O)(CNC(=O)c2cc(OC)c3nn(C4CC4)cc3c2)C(F)(F)F)nc1-c1ccc(F)c(C)c1. The van der Waals surface area contributed by atoms with Crippen LogP contribution in [0.1, 0.15) is 53.0 Å². The highest BCUT2D eigenvalue weighted by Crippen LogP contribution is 2.42. The molecular formula is C31H31F4N5O5. The number of primary amides is 1. The fourth-order valence-corrected chi connectivity index (χ4v) is 4.99. The lowest BCUT2D eigenvalue weighted by Crippen LogP contribution is -2.51. The number of ether oxygens (including phenoxy) is 2. The summed E-state index contributed by atoms with van der Waals surface area (Å²) in [5, 5.41) is 18.5. The number of fused-ring (bicyclic) bond motifs is 1. The number of rotatable bonds is 11. The average molecular weight is 630 g/mol. The fourth-order valence-electron chi connectivity index (χ4n) is 4.99. The minimum atomic E-state index is -5.35. The van der Waals surface area contributed by atoms with E-state index in [-0.39, 0.29) is 52.1 Å². The molecular weight excluding hydrogens is 598 g/mol. The zero-order chi connectivity index (χ0) is 32.7. The molecule has 45 heavy (non-hydrogen) atoms. The van der Waals surface area contributed by atoms with Gasteiger partial charge in [0.1, 0.15) is 28.5 Å². The monoisotopic (exact) mass is 629 g/mol. The van der Waals surface area contributed by atoms with Crippen LogP contribution in [0.5, 0.6) is 11.5 Å². The lowest BCUT2D eigenvalue weighted by molar-refractivity contribution is -0.265. The highest BCUT2D eigenvalue weighted by Gasteiger charge is 2.56. The van der Waals surface area contributed by atoms with Crippen molar-refractivity contribution < 1.29 is 41.7 Å². The Morgan fingerprint density at radius 3 is 2.51 bits per heavy atom. The number of hydrogen-bond donors (Lipinski definition) is 3. The number of halogens is 4. The molecule has 0 saturated heterocycles. The Kier molecular flexibility index (Phi) is 8.45. The molecule has 2 aromatic heterocycles. The predicted molar refractivity (Wildman–Crippen MR) is 155 cm³/mol. The van der Waals surface area contributed by atoms with Crippen molar-refractivity contribution in [2.75, 3.05) is 20.3 Å². The van der Waals surface area contributed by atoms with Crippen LogP contribution < -0.4 is 20.5 Å². The van der Waals surface area contributed by atoms with Gasteiger partial charge in [-0.15, -0.1) is 0 Å². The third-order valence-electron chi connectivity index (χ3n) is 7.53. The quantitative estimate of drug-likeness (QED) is 0.208. The lowest BCUT2D eigenvalue weighted by Gasteiger charge is -2.31. The molecule has 0 radical (unpaired) electrons. The zero-order valence-corrected chi connectivity index (χ0v) is 24.7. The largest absolute Gasteiger partial charge is 0.494 e. The van der Waals surface area contributed by atoms with Gasteiger partial charge < -0.3 is 25.6 Å². The topological polar surface area (TPSA) is 142 Å². The van der Waals surface area contributed by atoms with Gasteiger partial charge in [0.15, 0.2) is 0 Å². The first-order chi connectivity index (χ1) is 21.2. The van der Waals surface area contributed by atoms with Crippen LogP contribution in [-0.4, -0.2) is 58.1 Å². The fraction of sp³-hybridized carbons (Fsp3) is 0.355. The number of aryl methyl sites for hydroxylation is 1. The lowest BCUT2D eigenvalue weighted by atomic mass is 9.93. The van der Waals surface area contributed by atoms with Crippen LogP contribution in [0.4, 0.5) is 17.6 Å². The summed E-state index contributed by atoms with van der Waals surface area (Å²) in [6.07, 6.45) is -2.24. The van der Waals surface area contributed by atoms with E-state index >= 15 is 0 Å². The minimum absolute atomic E-state index is 0.0178. The van der Waals surface area contributed by atoms with Gasteiger partial charge in [0.05, 0.1) is 38.4 Å². The molecule has 238 valence electrons. The van der Waals surface area contributed by atoms with Gasteiger partial charge in [-0.3, -0.25) is 14.3 Å². The van der Waals surface area contributed by atoms with Gasteiger partial charge in [0.2, 0.25) is 11.5 Å². The van der Waals surface area contributed by atoms with Crippen LogP contribution in [0.25, 0.3) is 22.2 Å². The van der Waals surface area contributed by atoms with E-state index in [1.54, 1.807) is 17.8 Å². The van der Waals surface area contributed by atoms with E-state index in [1.807, 2.05) is 0 Å². The number of amides is 2. The molecule has 0 aliphatic heterocycles. The third-order valence-corrected chi connectivity index (χ3v) is 7.53. The van der Waals surface area contributed by atoms with E-state index < -0.39 is 48.1 Å². The Morgan fingerprint density at radius 1 is 1.18 bits per heavy atom. The number of nitrogens with two attached hydrogens (primary N) is 1. The van der Waals surface area contributed by atoms with Crippen LogP contribution in [0.2, 0.25) is 0 Å². The molecule has 0 bridgehead atoms. The van der Waals surface area contributed by atoms with Crippen molar-refractivity contribution in [3.8, 4) is 22.8 Å². The van der Waals surface area contributed by atoms with Gasteiger partial charge in [0.25, 0.3) is 5.91 Å². The Balaban J connectivity index is 1.56. The van der Waals surface area contributed by atoms with Crippen molar-refractivity contribution in [3.05, 3.63) is 70.8 Å². The van der Waals surface area contributed by atoms with Crippen LogP contribution in [0.15, 0.2) is 42.6 Å². The van der Waals surface area contributed by atoms with Gasteiger partial charge in [-0.1, -0.05) is 0 Å². The molecule has 2 heterocycles. The van der Waals surface area contributed by atoms with Gasteiger partial charge >= 0.3 is 6.18 Å². The molecule has 1 atom stereocenters. The summed E-state index contributed by atoms with van der Waals surface area (Å²) in [7, 11) is 1.39. The number of carbonyl (C=O) groups excluding carboxylic acids is 2. The first-order valence-electron chi connectivity index (χ1n) is 14.1. The number of benzene rings is 2. The summed E-state index contributed by atoms with van der Waals surface area (Å²) in [5.74, 6) is -2.16. The molecule has 14 heteroatoms. The molecule has 2 amide bonds. The summed E-state index contributed by atoms with van der Waals surface area (Å²) < 4.78 is 71.0. The zero-order valence-electron chi connectivity index (χ0n) is 24.7. The number of hydrogen-bond acceptors (Lipinski definition) is 7. The molecule has 10 nitrogen and oxygen atoms in total. The first-order valence-corrected chi connectivity index (χ1v) is 14.1. The Hall–Kier alpha value is -4.72. The highest BCUT2D eigenvalue weighted by atomic mass is 19.4. The first kappa shape index (κ1) is 31.7. The Morgan fingerprint density at radius 2 is 1.91 bits per heavy atom. The predicted octanol–water partition coefficient (Wildman–Crippen LogP) is 4.50. The maximum atomic E-state index is 14.7. The number of aromatic nitrogens is 3. The maximum Gasteiger partial charge on any atom is 0.424 e. The van der Waals surface area contributed by atoms with E-state index in [0.29, 0.717) is 10.9 Å². The molecule has 4 aromatic rings. The van der Waals surface area contributed by atoms with Crippen LogP contribution in [0.3, 0.4) is 0 Å². The van der Waals surface area contributed by atoms with E-state index in [2.05, 4.69) is 15.4 Å². The van der Waals surface area contributed by atoms with Crippen molar-refractivity contribution in [2.45, 2.75) is 50.9 Å². The van der Waals surface area contributed by atoms with Crippen LogP contribution in [0, 0.1) is 12.7 Å². The van der Waals surface area contributed by atoms with Crippen LogP contribution in [-0.2, 0) is 16.8 Å². The van der Waals surface area contributed by atoms with Gasteiger partial charge in [0, 0.05) is 28.3 Å². The van der Waals surface area contributed by atoms with Crippen molar-refractivity contribution >= 4 is 22.7 Å². The highest BCUT2D eigenvalue weighted by molar-refractivity contribution is 6.00. The molecule has 2 aromatic carbocycles. The van der Waals surface area contributed by atoms with Crippen molar-refractivity contribution in [1.29, 1.82) is 0 Å². The Labute approximate surface area is 255 Å². The summed E-state index contributed by atoms with van der Waals surface area (Å²) in [5.41, 5.74) is 1.31. The molecule has 0 unspecified atom stereocenters. The molecule has 0 spiro atoms. The average Bonchev–Trinajstić information content (AvgIpc) is 3.75. The van der Waals surface area contributed by atoms with Crippen molar-refractivity contribution in [3.63, 3.8) is 0 Å². The molecule has 5 rings (SSSR count). The molecule has 4 N–H and O–H groups in total. The van der Waals surface area contributed by atoms with E-state index in [4.69, 9.17) is 15.2 Å². The number of aliphatic hydroxyl groups is 1. The maximum absolute atomic E-state index is 14.7. The molecule has 1 saturated carbocycles. The second kappa shape index (κ2) is 12.0. The van der Waals surface area contributed by atoms with Crippen molar-refractivity contribution in [1.82, 2.24) is 20.1 Å². The van der Waals surface area contributed by atoms with Crippen LogP contribution >= 0.6 is 0 Å². The number of nitrogens with one attached hydrogen (secondary N) is 1.